The first kappa shape index (κ1) is 30.2. The standard InChI is InChI=1S/C31H41N5O5/c1-21(2)28-30(39)34-26(16-22-7-4-3-5-8-22)19-36(31(40)24-10-13-41-14-11-24)20-27(37)33-12-6-9-23-15-25(18-32-17-23)29(38)35-28/h3-5,7-8,15,17-18,21,24,26,28H,6,9-14,16,19-20H2,1-2H3,(H,33,37)(H,34,39)(H,35,38)/t26-,28-/m1/s1. The number of benzene rings is 1. The lowest BCUT2D eigenvalue weighted by Gasteiger charge is -2.33. The van der Waals surface area contributed by atoms with Crippen molar-refractivity contribution in [2.75, 3.05) is 32.8 Å². The molecule has 0 radical (unpaired) electrons. The lowest BCUT2D eigenvalue weighted by atomic mass is 9.97. The summed E-state index contributed by atoms with van der Waals surface area (Å²) >= 11 is 0. The second kappa shape index (κ2) is 14.7. The normalized spacial score (nSPS) is 21.9. The van der Waals surface area contributed by atoms with E-state index in [1.807, 2.05) is 44.2 Å². The first-order chi connectivity index (χ1) is 19.8. The highest BCUT2D eigenvalue weighted by Gasteiger charge is 2.32. The SMILES string of the molecule is CC(C)[C@H]1NC(=O)c2cncc(c2)CCCNC(=O)CN(C(=O)C2CCOCC2)C[C@@H](Cc2ccccc2)NC1=O. The van der Waals surface area contributed by atoms with Crippen molar-refractivity contribution >= 4 is 23.6 Å². The molecule has 2 aliphatic heterocycles. The Morgan fingerprint density at radius 2 is 1.83 bits per heavy atom. The van der Waals surface area contributed by atoms with Crippen molar-refractivity contribution in [2.24, 2.45) is 11.8 Å². The van der Waals surface area contributed by atoms with E-state index in [0.717, 1.165) is 11.1 Å². The van der Waals surface area contributed by atoms with E-state index >= 15 is 0 Å². The Kier molecular flexibility index (Phi) is 10.8. The molecule has 2 bridgehead atoms. The molecule has 3 heterocycles. The number of aromatic nitrogens is 1. The summed E-state index contributed by atoms with van der Waals surface area (Å²) in [6.45, 7) is 5.25. The summed E-state index contributed by atoms with van der Waals surface area (Å²) in [6, 6.07) is 10.2. The molecule has 0 unspecified atom stereocenters. The predicted octanol–water partition coefficient (Wildman–Crippen LogP) is 1.88. The van der Waals surface area contributed by atoms with Crippen LogP contribution < -0.4 is 16.0 Å². The third-order valence-electron chi connectivity index (χ3n) is 7.59. The number of hydrogen-bond acceptors (Lipinski definition) is 6. The summed E-state index contributed by atoms with van der Waals surface area (Å²) in [5.74, 6) is -1.50. The van der Waals surface area contributed by atoms with Crippen molar-refractivity contribution in [3.63, 3.8) is 0 Å². The van der Waals surface area contributed by atoms with Gasteiger partial charge in [-0.3, -0.25) is 24.2 Å². The molecule has 0 spiro atoms. The largest absolute Gasteiger partial charge is 0.381 e. The van der Waals surface area contributed by atoms with E-state index in [1.165, 1.54) is 6.20 Å². The molecule has 4 amide bonds. The van der Waals surface area contributed by atoms with Gasteiger partial charge in [0.1, 0.15) is 6.04 Å². The fraction of sp³-hybridized carbons (Fsp3) is 0.516. The van der Waals surface area contributed by atoms with Crippen LogP contribution >= 0.6 is 0 Å². The van der Waals surface area contributed by atoms with Gasteiger partial charge in [-0.25, -0.2) is 0 Å². The maximum absolute atomic E-state index is 13.7. The Bertz CT molecular complexity index is 1200. The van der Waals surface area contributed by atoms with Gasteiger partial charge in [-0.15, -0.1) is 0 Å². The number of rotatable bonds is 4. The Hall–Kier alpha value is -3.79. The predicted molar refractivity (Wildman–Crippen MR) is 154 cm³/mol. The third kappa shape index (κ3) is 8.85. The molecule has 10 nitrogen and oxygen atoms in total. The molecule has 220 valence electrons. The number of amides is 4. The van der Waals surface area contributed by atoms with Crippen LogP contribution in [-0.2, 0) is 32.0 Å². The fourth-order valence-electron chi connectivity index (χ4n) is 5.31. The minimum absolute atomic E-state index is 0.0985. The van der Waals surface area contributed by atoms with E-state index in [9.17, 15) is 19.2 Å². The summed E-state index contributed by atoms with van der Waals surface area (Å²) < 4.78 is 5.46. The first-order valence-corrected chi connectivity index (χ1v) is 14.5. The van der Waals surface area contributed by atoms with Crippen LogP contribution in [0.25, 0.3) is 0 Å². The number of aryl methyl sites for hydroxylation is 1. The zero-order chi connectivity index (χ0) is 29.2. The van der Waals surface area contributed by atoms with Crippen molar-refractivity contribution in [3.05, 3.63) is 65.5 Å². The Labute approximate surface area is 241 Å². The van der Waals surface area contributed by atoms with Crippen molar-refractivity contribution in [3.8, 4) is 0 Å². The Morgan fingerprint density at radius 1 is 1.07 bits per heavy atom. The molecule has 2 aliphatic rings. The second-order valence-electron chi connectivity index (χ2n) is 11.2. The molecule has 1 aromatic carbocycles. The molecular weight excluding hydrogens is 522 g/mol. The highest BCUT2D eigenvalue weighted by Crippen LogP contribution is 2.19. The van der Waals surface area contributed by atoms with Crippen molar-refractivity contribution < 1.29 is 23.9 Å². The zero-order valence-corrected chi connectivity index (χ0v) is 23.9. The molecule has 2 aromatic rings. The number of ether oxygens (including phenoxy) is 1. The van der Waals surface area contributed by atoms with Gasteiger partial charge in [0.2, 0.25) is 17.7 Å². The third-order valence-corrected chi connectivity index (χ3v) is 7.59. The summed E-state index contributed by atoms with van der Waals surface area (Å²) in [5.41, 5.74) is 2.23. The van der Waals surface area contributed by atoms with Crippen LogP contribution in [0.4, 0.5) is 0 Å². The average Bonchev–Trinajstić information content (AvgIpc) is 2.97. The number of nitrogens with one attached hydrogen (secondary N) is 3. The van der Waals surface area contributed by atoms with Crippen LogP contribution in [0.5, 0.6) is 0 Å². The minimum Gasteiger partial charge on any atom is -0.381 e. The van der Waals surface area contributed by atoms with Gasteiger partial charge >= 0.3 is 0 Å². The minimum atomic E-state index is -0.803. The quantitative estimate of drug-likeness (QED) is 0.521. The van der Waals surface area contributed by atoms with E-state index < -0.39 is 12.1 Å². The van der Waals surface area contributed by atoms with Crippen LogP contribution in [0.15, 0.2) is 48.8 Å². The number of carbonyl (C=O) groups excluding carboxylic acids is 4. The lowest BCUT2D eigenvalue weighted by Crippen LogP contribution is -2.56. The maximum atomic E-state index is 13.7. The van der Waals surface area contributed by atoms with Crippen molar-refractivity contribution in [2.45, 2.75) is 58.0 Å². The molecule has 2 atom stereocenters. The highest BCUT2D eigenvalue weighted by atomic mass is 16.5. The molecule has 1 saturated heterocycles. The summed E-state index contributed by atoms with van der Waals surface area (Å²) in [4.78, 5) is 59.4. The van der Waals surface area contributed by atoms with Crippen LogP contribution in [0.2, 0.25) is 0 Å². The molecule has 1 aromatic heterocycles. The molecule has 3 N–H and O–H groups in total. The monoisotopic (exact) mass is 563 g/mol. The number of hydrogen-bond donors (Lipinski definition) is 3. The van der Waals surface area contributed by atoms with Gasteiger partial charge in [-0.2, -0.15) is 0 Å². The summed E-state index contributed by atoms with van der Waals surface area (Å²) in [7, 11) is 0. The number of nitrogens with zero attached hydrogens (tertiary/aromatic N) is 2. The Balaban J connectivity index is 1.64. The van der Waals surface area contributed by atoms with Crippen LogP contribution in [0.3, 0.4) is 0 Å². The smallest absolute Gasteiger partial charge is 0.253 e. The van der Waals surface area contributed by atoms with Crippen LogP contribution in [0, 0.1) is 11.8 Å². The maximum Gasteiger partial charge on any atom is 0.253 e. The average molecular weight is 564 g/mol. The van der Waals surface area contributed by atoms with Gasteiger partial charge in [-0.05, 0) is 55.2 Å². The second-order valence-corrected chi connectivity index (χ2v) is 11.2. The van der Waals surface area contributed by atoms with E-state index in [-0.39, 0.29) is 48.6 Å². The fourth-order valence-corrected chi connectivity index (χ4v) is 5.31. The number of carbonyl (C=O) groups is 4. The van der Waals surface area contributed by atoms with E-state index in [4.69, 9.17) is 4.74 Å². The molecule has 0 aliphatic carbocycles. The highest BCUT2D eigenvalue weighted by molar-refractivity contribution is 5.97. The van der Waals surface area contributed by atoms with Crippen LogP contribution in [0.1, 0.15) is 54.6 Å². The first-order valence-electron chi connectivity index (χ1n) is 14.5. The van der Waals surface area contributed by atoms with Crippen molar-refractivity contribution in [1.29, 1.82) is 0 Å². The van der Waals surface area contributed by atoms with Gasteiger partial charge in [0, 0.05) is 44.6 Å². The van der Waals surface area contributed by atoms with E-state index in [2.05, 4.69) is 20.9 Å². The molecule has 0 saturated carbocycles. The van der Waals surface area contributed by atoms with Crippen LogP contribution in [-0.4, -0.2) is 78.4 Å². The van der Waals surface area contributed by atoms with E-state index in [0.29, 0.717) is 57.4 Å². The molecule has 4 rings (SSSR count). The van der Waals surface area contributed by atoms with E-state index in [1.54, 1.807) is 17.2 Å². The molecule has 41 heavy (non-hydrogen) atoms. The van der Waals surface area contributed by atoms with Gasteiger partial charge in [0.25, 0.3) is 5.91 Å². The van der Waals surface area contributed by atoms with Gasteiger partial charge < -0.3 is 25.6 Å². The van der Waals surface area contributed by atoms with Gasteiger partial charge in [0.05, 0.1) is 18.2 Å². The summed E-state index contributed by atoms with van der Waals surface area (Å²) in [5, 5.41) is 8.93. The Morgan fingerprint density at radius 3 is 2.56 bits per heavy atom. The molecular formula is C31H41N5O5. The zero-order valence-electron chi connectivity index (χ0n) is 23.9. The number of fused-ring (bicyclic) bond motifs is 2. The lowest BCUT2D eigenvalue weighted by molar-refractivity contribution is -0.142. The van der Waals surface area contributed by atoms with Gasteiger partial charge in [0.15, 0.2) is 0 Å². The molecule has 1 fully saturated rings. The van der Waals surface area contributed by atoms with Crippen molar-refractivity contribution in [1.82, 2.24) is 25.8 Å². The number of pyridine rings is 1. The summed E-state index contributed by atoms with van der Waals surface area (Å²) in [6.07, 6.45) is 6.10. The van der Waals surface area contributed by atoms with Gasteiger partial charge in [-0.1, -0.05) is 44.2 Å². The molecule has 10 heteroatoms. The topological polar surface area (TPSA) is 130 Å².